The number of carbonyl (C=O) groups is 1. The molecule has 2 aromatic carbocycles. The summed E-state index contributed by atoms with van der Waals surface area (Å²) in [5, 5.41) is 5.67. The van der Waals surface area contributed by atoms with Crippen LogP contribution in [0, 0.1) is 5.82 Å². The van der Waals surface area contributed by atoms with E-state index in [1.165, 1.54) is 33.5 Å². The van der Waals surface area contributed by atoms with Crippen molar-refractivity contribution in [3.63, 3.8) is 0 Å². The van der Waals surface area contributed by atoms with Gasteiger partial charge in [0.1, 0.15) is 5.82 Å². The van der Waals surface area contributed by atoms with Crippen LogP contribution in [0.2, 0.25) is 0 Å². The van der Waals surface area contributed by atoms with Gasteiger partial charge in [-0.15, -0.1) is 0 Å². The number of nitrogens with one attached hydrogen (secondary N) is 2. The third-order valence-electron chi connectivity index (χ3n) is 4.82. The molecule has 7 heteroatoms. The molecule has 1 saturated carbocycles. The first-order valence-corrected chi connectivity index (χ1v) is 8.62. The molecule has 1 fully saturated rings. The molecule has 0 radical (unpaired) electrons. The molecule has 144 valence electrons. The molecule has 0 bridgehead atoms. The lowest BCUT2D eigenvalue weighted by molar-refractivity contribution is 0.251. The first kappa shape index (κ1) is 18.8. The van der Waals surface area contributed by atoms with Crippen LogP contribution in [-0.4, -0.2) is 33.9 Å². The van der Waals surface area contributed by atoms with Crippen molar-refractivity contribution in [2.75, 3.05) is 33.2 Å². The van der Waals surface area contributed by atoms with Crippen molar-refractivity contribution in [2.24, 2.45) is 0 Å². The van der Waals surface area contributed by atoms with Gasteiger partial charge in [-0.05, 0) is 30.5 Å². The van der Waals surface area contributed by atoms with Gasteiger partial charge in [0, 0.05) is 24.1 Å². The van der Waals surface area contributed by atoms with Crippen molar-refractivity contribution < 1.29 is 23.4 Å². The van der Waals surface area contributed by atoms with E-state index in [0.29, 0.717) is 29.5 Å². The Morgan fingerprint density at radius 1 is 1.04 bits per heavy atom. The molecule has 2 N–H and O–H groups in total. The Bertz CT molecular complexity index is 794. The van der Waals surface area contributed by atoms with Crippen LogP contribution in [0.5, 0.6) is 17.2 Å². The number of ether oxygens (including phenoxy) is 3. The minimum Gasteiger partial charge on any atom is -0.493 e. The van der Waals surface area contributed by atoms with Gasteiger partial charge >= 0.3 is 6.03 Å². The Labute approximate surface area is 157 Å². The van der Waals surface area contributed by atoms with E-state index in [0.717, 1.165) is 18.4 Å². The number of methoxy groups -OCH3 is 3. The minimum absolute atomic E-state index is 0.111. The Kier molecular flexibility index (Phi) is 5.39. The zero-order chi connectivity index (χ0) is 19.4. The van der Waals surface area contributed by atoms with Gasteiger partial charge < -0.3 is 24.8 Å². The number of amides is 2. The lowest BCUT2D eigenvalue weighted by atomic mass is 9.96. The molecule has 1 aliphatic carbocycles. The van der Waals surface area contributed by atoms with Gasteiger partial charge in [-0.3, -0.25) is 0 Å². The summed E-state index contributed by atoms with van der Waals surface area (Å²) in [5.74, 6) is 1.11. The van der Waals surface area contributed by atoms with Crippen LogP contribution in [-0.2, 0) is 5.41 Å². The number of urea groups is 1. The maximum Gasteiger partial charge on any atom is 0.319 e. The quantitative estimate of drug-likeness (QED) is 0.775. The molecule has 2 amide bonds. The second-order valence-corrected chi connectivity index (χ2v) is 6.51. The molecule has 3 rings (SSSR count). The van der Waals surface area contributed by atoms with Gasteiger partial charge in [0.25, 0.3) is 0 Å². The molecule has 0 spiro atoms. The lowest BCUT2D eigenvalue weighted by Crippen LogP contribution is -2.35. The van der Waals surface area contributed by atoms with Crippen LogP contribution in [0.15, 0.2) is 36.4 Å². The van der Waals surface area contributed by atoms with Crippen molar-refractivity contribution in [1.29, 1.82) is 0 Å². The van der Waals surface area contributed by atoms with Crippen LogP contribution in [0.3, 0.4) is 0 Å². The second kappa shape index (κ2) is 7.73. The molecule has 0 unspecified atom stereocenters. The third-order valence-corrected chi connectivity index (χ3v) is 4.82. The Balaban J connectivity index is 1.65. The van der Waals surface area contributed by atoms with Crippen molar-refractivity contribution in [3.05, 3.63) is 47.8 Å². The van der Waals surface area contributed by atoms with Crippen molar-refractivity contribution in [3.8, 4) is 17.2 Å². The highest BCUT2D eigenvalue weighted by molar-refractivity contribution is 5.90. The Morgan fingerprint density at radius 3 is 2.11 bits per heavy atom. The van der Waals surface area contributed by atoms with E-state index < -0.39 is 0 Å². The largest absolute Gasteiger partial charge is 0.493 e. The predicted octanol–water partition coefficient (Wildman–Crippen LogP) is 3.70. The number of hydrogen-bond donors (Lipinski definition) is 2. The average molecular weight is 374 g/mol. The lowest BCUT2D eigenvalue weighted by Gasteiger charge is -2.18. The summed E-state index contributed by atoms with van der Waals surface area (Å²) in [6, 6.07) is 9.44. The number of carbonyl (C=O) groups excluding carboxylic acids is 1. The molecule has 6 nitrogen and oxygen atoms in total. The van der Waals surface area contributed by atoms with Gasteiger partial charge in [-0.1, -0.05) is 12.1 Å². The fraction of sp³-hybridized carbons (Fsp3) is 0.350. The first-order valence-electron chi connectivity index (χ1n) is 8.62. The van der Waals surface area contributed by atoms with Gasteiger partial charge in [0.05, 0.1) is 27.0 Å². The SMILES string of the molecule is COc1cc(NC(=O)NCC2(c3ccc(F)cc3)CC2)cc(OC)c1OC. The van der Waals surface area contributed by atoms with E-state index in [2.05, 4.69) is 10.6 Å². The number of benzene rings is 2. The first-order chi connectivity index (χ1) is 13.0. The zero-order valence-electron chi connectivity index (χ0n) is 15.6. The summed E-state index contributed by atoms with van der Waals surface area (Å²) in [5.41, 5.74) is 1.45. The number of anilines is 1. The number of rotatable bonds is 7. The highest BCUT2D eigenvalue weighted by Crippen LogP contribution is 2.47. The fourth-order valence-electron chi connectivity index (χ4n) is 3.10. The van der Waals surface area contributed by atoms with Gasteiger partial charge in [0.15, 0.2) is 11.5 Å². The van der Waals surface area contributed by atoms with Gasteiger partial charge in [-0.25, -0.2) is 9.18 Å². The zero-order valence-corrected chi connectivity index (χ0v) is 15.6. The monoisotopic (exact) mass is 374 g/mol. The van der Waals surface area contributed by atoms with Crippen LogP contribution >= 0.6 is 0 Å². The third kappa shape index (κ3) is 4.07. The standard InChI is InChI=1S/C20H23FN2O4/c1-25-16-10-15(11-17(26-2)18(16)27-3)23-19(24)22-12-20(8-9-20)13-4-6-14(21)7-5-13/h4-7,10-11H,8-9,12H2,1-3H3,(H2,22,23,24). The average Bonchev–Trinajstić information content (AvgIpc) is 3.47. The van der Waals surface area contributed by atoms with Gasteiger partial charge in [-0.2, -0.15) is 0 Å². The van der Waals surface area contributed by atoms with Gasteiger partial charge in [0.2, 0.25) is 5.75 Å². The van der Waals surface area contributed by atoms with E-state index in [-0.39, 0.29) is 17.3 Å². The van der Waals surface area contributed by atoms with E-state index in [4.69, 9.17) is 14.2 Å². The summed E-state index contributed by atoms with van der Waals surface area (Å²) in [4.78, 5) is 12.3. The molecule has 2 aromatic rings. The van der Waals surface area contributed by atoms with E-state index in [1.54, 1.807) is 24.3 Å². The predicted molar refractivity (Wildman–Crippen MR) is 100 cm³/mol. The van der Waals surface area contributed by atoms with E-state index in [9.17, 15) is 9.18 Å². The summed E-state index contributed by atoms with van der Waals surface area (Å²) in [7, 11) is 4.55. The Morgan fingerprint density at radius 2 is 1.63 bits per heavy atom. The topological polar surface area (TPSA) is 68.8 Å². The smallest absolute Gasteiger partial charge is 0.319 e. The van der Waals surface area contributed by atoms with E-state index in [1.807, 2.05) is 0 Å². The number of halogens is 1. The van der Waals surface area contributed by atoms with E-state index >= 15 is 0 Å². The normalized spacial score (nSPS) is 14.2. The summed E-state index contributed by atoms with van der Waals surface area (Å²) >= 11 is 0. The molecular weight excluding hydrogens is 351 g/mol. The van der Waals surface area contributed by atoms with Crippen LogP contribution in [0.25, 0.3) is 0 Å². The second-order valence-electron chi connectivity index (χ2n) is 6.51. The van der Waals surface area contributed by atoms with Crippen molar-refractivity contribution >= 4 is 11.7 Å². The summed E-state index contributed by atoms with van der Waals surface area (Å²) < 4.78 is 29.0. The molecule has 1 aliphatic rings. The molecule has 0 aromatic heterocycles. The number of hydrogen-bond acceptors (Lipinski definition) is 4. The minimum atomic E-state index is -0.336. The molecule has 27 heavy (non-hydrogen) atoms. The van der Waals surface area contributed by atoms with Crippen molar-refractivity contribution in [2.45, 2.75) is 18.3 Å². The molecule has 0 aliphatic heterocycles. The maximum absolute atomic E-state index is 13.1. The van der Waals surface area contributed by atoms with Crippen LogP contribution in [0.1, 0.15) is 18.4 Å². The highest BCUT2D eigenvalue weighted by Gasteiger charge is 2.44. The highest BCUT2D eigenvalue weighted by atomic mass is 19.1. The fourth-order valence-corrected chi connectivity index (χ4v) is 3.10. The maximum atomic E-state index is 13.1. The van der Waals surface area contributed by atoms with Crippen molar-refractivity contribution in [1.82, 2.24) is 5.32 Å². The molecular formula is C20H23FN2O4. The summed E-state index contributed by atoms with van der Waals surface area (Å²) in [6.07, 6.45) is 1.92. The van der Waals surface area contributed by atoms with Crippen LogP contribution < -0.4 is 24.8 Å². The van der Waals surface area contributed by atoms with Crippen LogP contribution in [0.4, 0.5) is 14.9 Å². The molecule has 0 heterocycles. The molecule has 0 saturated heterocycles. The Hall–Kier alpha value is -2.96. The molecule has 0 atom stereocenters. The summed E-state index contributed by atoms with van der Waals surface area (Å²) in [6.45, 7) is 0.481.